The Kier molecular flexibility index (Phi) is 13.7. The number of unbranched alkanes of at least 4 members (excludes halogenated alkanes) is 1. The van der Waals surface area contributed by atoms with Gasteiger partial charge in [-0.25, -0.2) is 8.42 Å². The fourth-order valence-electron chi connectivity index (χ4n) is 1.27. The van der Waals surface area contributed by atoms with E-state index in [1.54, 1.807) is 12.1 Å². The van der Waals surface area contributed by atoms with Crippen molar-refractivity contribution in [1.82, 2.24) is 0 Å². The summed E-state index contributed by atoms with van der Waals surface area (Å²) >= 11 is 4.90. The van der Waals surface area contributed by atoms with Crippen LogP contribution in [0.15, 0.2) is 29.2 Å². The number of nitrogens with zero attached hydrogens (tertiary/aromatic N) is 1. The minimum atomic E-state index is -3.62. The van der Waals surface area contributed by atoms with Gasteiger partial charge in [0.2, 0.25) is 0 Å². The van der Waals surface area contributed by atoms with Gasteiger partial charge in [-0.15, -0.1) is 0 Å². The van der Waals surface area contributed by atoms with Crippen molar-refractivity contribution >= 4 is 27.6 Å². The van der Waals surface area contributed by atoms with Gasteiger partial charge >= 0.3 is 29.6 Å². The zero-order valence-corrected chi connectivity index (χ0v) is 16.7. The molecule has 1 aromatic carbocycles. The predicted molar refractivity (Wildman–Crippen MR) is 84.3 cm³/mol. The standard InChI is InChI=1S/C7H7ClNO2S.C6H14N2O.Na/c1-6-2-4-7(5-3-6)12(10,11)9-8;1-2-3-4-5(9)6(7)8;/h2-5H,1H3;6H,2-4,7-8H2,1H3;/q-1;;+1. The molecule has 9 heteroatoms. The number of hydrogen-bond acceptors (Lipinski definition) is 5. The van der Waals surface area contributed by atoms with Gasteiger partial charge in [0.1, 0.15) is 16.2 Å². The van der Waals surface area contributed by atoms with Gasteiger partial charge in [0.05, 0.1) is 0 Å². The second kappa shape index (κ2) is 12.4. The third-order valence-electron chi connectivity index (χ3n) is 2.56. The topological polar surface area (TPSA) is 117 Å². The summed E-state index contributed by atoms with van der Waals surface area (Å²) in [6.07, 6.45) is 1.66. The fraction of sp³-hybridized carbons (Fsp3) is 0.462. The molecule has 0 aliphatic heterocycles. The molecule has 1 rings (SSSR count). The Bertz CT molecular complexity index is 536. The van der Waals surface area contributed by atoms with Crippen LogP contribution in [0.25, 0.3) is 4.24 Å². The molecule has 0 saturated carbocycles. The van der Waals surface area contributed by atoms with E-state index < -0.39 is 16.2 Å². The number of sulfonamides is 1. The Morgan fingerprint density at radius 3 is 2.14 bits per heavy atom. The predicted octanol–water partition coefficient (Wildman–Crippen LogP) is -0.796. The van der Waals surface area contributed by atoms with Crippen LogP contribution in [-0.4, -0.2) is 20.4 Å². The van der Waals surface area contributed by atoms with Crippen LogP contribution in [-0.2, 0) is 14.8 Å². The smallest absolute Gasteiger partial charge is 0.458 e. The van der Waals surface area contributed by atoms with E-state index in [9.17, 15) is 13.2 Å². The van der Waals surface area contributed by atoms with Crippen LogP contribution in [0.3, 0.4) is 0 Å². The molecule has 6 nitrogen and oxygen atoms in total. The van der Waals surface area contributed by atoms with Crippen molar-refractivity contribution < 1.29 is 42.8 Å². The molecule has 1 aromatic rings. The maximum absolute atomic E-state index is 11.0. The minimum Gasteiger partial charge on any atom is -0.458 e. The van der Waals surface area contributed by atoms with Crippen LogP contribution in [0.1, 0.15) is 31.7 Å². The van der Waals surface area contributed by atoms with Crippen molar-refractivity contribution in [3.8, 4) is 0 Å². The van der Waals surface area contributed by atoms with Crippen molar-refractivity contribution in [1.29, 1.82) is 0 Å². The molecule has 0 bridgehead atoms. The summed E-state index contributed by atoms with van der Waals surface area (Å²) in [5, 5.41) is 0. The van der Waals surface area contributed by atoms with Crippen molar-refractivity contribution in [2.45, 2.75) is 44.2 Å². The van der Waals surface area contributed by atoms with E-state index in [2.05, 4.69) is 4.24 Å². The van der Waals surface area contributed by atoms with E-state index in [-0.39, 0.29) is 40.2 Å². The van der Waals surface area contributed by atoms with Gasteiger partial charge in [0.25, 0.3) is 0 Å². The second-order valence-corrected chi connectivity index (χ2v) is 6.43. The molecule has 0 spiro atoms. The summed E-state index contributed by atoms with van der Waals surface area (Å²) in [6, 6.07) is 6.32. The van der Waals surface area contributed by atoms with Gasteiger partial charge in [-0.1, -0.05) is 31.0 Å². The average Bonchev–Trinajstić information content (AvgIpc) is 2.45. The molecule has 0 radical (unpaired) electrons. The molecule has 0 heterocycles. The number of halogens is 1. The van der Waals surface area contributed by atoms with E-state index in [4.69, 9.17) is 23.2 Å². The van der Waals surface area contributed by atoms with Crippen molar-refractivity contribution in [3.05, 3.63) is 34.1 Å². The number of nitrogens with two attached hydrogens (primary N) is 2. The summed E-state index contributed by atoms with van der Waals surface area (Å²) in [6.45, 7) is 3.89. The molecular weight excluding hydrogens is 337 g/mol. The zero-order chi connectivity index (χ0) is 16.5. The molecular formula is C13H21ClN3NaO3S. The molecule has 0 unspecified atom stereocenters. The quantitative estimate of drug-likeness (QED) is 0.510. The maximum atomic E-state index is 11.0. The number of carbonyl (C=O) groups excluding carboxylic acids is 1. The minimum absolute atomic E-state index is 0. The molecule has 4 N–H and O–H groups in total. The fourth-order valence-corrected chi connectivity index (χ4v) is 2.07. The van der Waals surface area contributed by atoms with Crippen molar-refractivity contribution in [2.24, 2.45) is 11.5 Å². The van der Waals surface area contributed by atoms with Crippen molar-refractivity contribution in [3.63, 3.8) is 0 Å². The van der Waals surface area contributed by atoms with Crippen LogP contribution < -0.4 is 41.0 Å². The molecule has 22 heavy (non-hydrogen) atoms. The molecule has 0 amide bonds. The molecule has 0 aromatic heterocycles. The monoisotopic (exact) mass is 357 g/mol. The zero-order valence-electron chi connectivity index (χ0n) is 13.1. The van der Waals surface area contributed by atoms with Gasteiger partial charge in [0.15, 0.2) is 5.78 Å². The Morgan fingerprint density at radius 2 is 1.77 bits per heavy atom. The first-order valence-electron chi connectivity index (χ1n) is 6.43. The summed E-state index contributed by atoms with van der Waals surface area (Å²) in [7, 11) is -3.62. The molecule has 120 valence electrons. The Hall–Kier alpha value is 0.0100. The van der Waals surface area contributed by atoms with Crippen LogP contribution in [0.4, 0.5) is 0 Å². The van der Waals surface area contributed by atoms with E-state index in [1.165, 1.54) is 12.1 Å². The third kappa shape index (κ3) is 9.91. The van der Waals surface area contributed by atoms with E-state index in [0.29, 0.717) is 6.42 Å². The molecule has 0 saturated heterocycles. The first kappa shape index (κ1) is 24.3. The number of carbonyl (C=O) groups is 1. The largest absolute Gasteiger partial charge is 1.00 e. The summed E-state index contributed by atoms with van der Waals surface area (Å²) in [4.78, 5) is 10.8. The average molecular weight is 358 g/mol. The number of hydrogen-bond donors (Lipinski definition) is 2. The van der Waals surface area contributed by atoms with E-state index >= 15 is 0 Å². The summed E-state index contributed by atoms with van der Waals surface area (Å²) in [5.74, 6) is -0.0446. The van der Waals surface area contributed by atoms with Gasteiger partial charge in [-0.05, 0) is 25.5 Å². The first-order valence-corrected chi connectivity index (χ1v) is 8.21. The Balaban J connectivity index is 0. The molecule has 0 aliphatic rings. The SMILES string of the molecule is CCCCC(=O)C(N)N.Cc1ccc(S(=O)(=O)[N-]Cl)cc1.[Na+]. The van der Waals surface area contributed by atoms with Crippen LogP contribution >= 0.6 is 11.8 Å². The van der Waals surface area contributed by atoms with Gasteiger partial charge < -0.3 is 15.7 Å². The van der Waals surface area contributed by atoms with Crippen LogP contribution in [0, 0.1) is 6.92 Å². The van der Waals surface area contributed by atoms with Gasteiger partial charge in [0, 0.05) is 11.3 Å². The number of rotatable bonds is 6. The Labute approximate surface area is 159 Å². The number of ketones is 1. The summed E-state index contributed by atoms with van der Waals surface area (Å²) < 4.78 is 24.8. The third-order valence-corrected chi connectivity index (χ3v) is 4.15. The number of aryl methyl sites for hydroxylation is 1. The Morgan fingerprint density at radius 1 is 1.27 bits per heavy atom. The van der Waals surface area contributed by atoms with E-state index in [1.807, 2.05) is 13.8 Å². The van der Waals surface area contributed by atoms with Gasteiger partial charge in [-0.3, -0.25) is 16.6 Å². The first-order chi connectivity index (χ1) is 9.74. The second-order valence-electron chi connectivity index (χ2n) is 4.45. The molecule has 0 aliphatic carbocycles. The van der Waals surface area contributed by atoms with Crippen molar-refractivity contribution in [2.75, 3.05) is 0 Å². The van der Waals surface area contributed by atoms with Gasteiger partial charge in [-0.2, -0.15) is 0 Å². The van der Waals surface area contributed by atoms with Crippen LogP contribution in [0.5, 0.6) is 0 Å². The van der Waals surface area contributed by atoms with E-state index in [0.717, 1.165) is 18.4 Å². The molecule has 0 atom stereocenters. The molecule has 0 fully saturated rings. The van der Waals surface area contributed by atoms with Crippen LogP contribution in [0.2, 0.25) is 0 Å². The number of Topliss-reactive ketones (excluding diaryl/α,β-unsaturated/α-hetero) is 1. The normalized spacial score (nSPS) is 10.5. The summed E-state index contributed by atoms with van der Waals surface area (Å²) in [5.41, 5.74) is 11.2. The number of benzene rings is 1. The maximum Gasteiger partial charge on any atom is 1.00 e.